The Morgan fingerprint density at radius 2 is 2.00 bits per heavy atom. The van der Waals surface area contributed by atoms with Crippen LogP contribution in [0.3, 0.4) is 0 Å². The van der Waals surface area contributed by atoms with Crippen molar-refractivity contribution in [2.24, 2.45) is 5.84 Å². The van der Waals surface area contributed by atoms with Crippen molar-refractivity contribution in [2.45, 2.75) is 26.8 Å². The van der Waals surface area contributed by atoms with Crippen LogP contribution in [-0.4, -0.2) is 52.9 Å². The second-order valence-corrected chi connectivity index (χ2v) is 5.44. The van der Waals surface area contributed by atoms with Crippen molar-refractivity contribution in [1.82, 2.24) is 14.8 Å². The number of nitrogen functional groups attached to an aromatic ring is 1. The van der Waals surface area contributed by atoms with Gasteiger partial charge in [-0.1, -0.05) is 0 Å². The summed E-state index contributed by atoms with van der Waals surface area (Å²) in [6, 6.07) is 2.31. The van der Waals surface area contributed by atoms with Gasteiger partial charge in [0.05, 0.1) is 11.3 Å². The van der Waals surface area contributed by atoms with E-state index in [1.807, 2.05) is 11.8 Å². The molecule has 1 amide bonds. The molecule has 1 aromatic rings. The fourth-order valence-corrected chi connectivity index (χ4v) is 2.46. The van der Waals surface area contributed by atoms with Crippen molar-refractivity contribution in [3.63, 3.8) is 0 Å². The summed E-state index contributed by atoms with van der Waals surface area (Å²) in [5, 5.41) is 0. The van der Waals surface area contributed by atoms with E-state index in [1.165, 1.54) is 0 Å². The molecule has 1 aliphatic rings. The number of anilines is 1. The van der Waals surface area contributed by atoms with Crippen molar-refractivity contribution in [2.75, 3.05) is 31.6 Å². The van der Waals surface area contributed by atoms with E-state index in [1.54, 1.807) is 12.3 Å². The molecule has 20 heavy (non-hydrogen) atoms. The van der Waals surface area contributed by atoms with E-state index in [9.17, 15) is 4.79 Å². The number of hydrazine groups is 1. The Morgan fingerprint density at radius 1 is 1.35 bits per heavy atom. The molecule has 0 aromatic carbocycles. The Labute approximate surface area is 119 Å². The Balaban J connectivity index is 2.09. The largest absolute Gasteiger partial charge is 0.336 e. The standard InChI is InChI=1S/C14H23N5O/c1-10(2)18-4-6-19(7-5-18)14(20)12-9-16-11(3)8-13(12)17-15/h8-10H,4-7,15H2,1-3H3,(H,16,17). The van der Waals surface area contributed by atoms with Gasteiger partial charge in [-0.2, -0.15) is 0 Å². The van der Waals surface area contributed by atoms with Crippen LogP contribution in [0.15, 0.2) is 12.3 Å². The number of hydrogen-bond acceptors (Lipinski definition) is 5. The molecule has 110 valence electrons. The number of amides is 1. The van der Waals surface area contributed by atoms with Gasteiger partial charge in [0.15, 0.2) is 0 Å². The maximum Gasteiger partial charge on any atom is 0.257 e. The van der Waals surface area contributed by atoms with Gasteiger partial charge in [0.25, 0.3) is 5.91 Å². The van der Waals surface area contributed by atoms with Gasteiger partial charge in [-0.25, -0.2) is 0 Å². The van der Waals surface area contributed by atoms with Crippen LogP contribution in [-0.2, 0) is 0 Å². The summed E-state index contributed by atoms with van der Waals surface area (Å²) in [5.41, 5.74) is 4.59. The first-order chi connectivity index (χ1) is 9.52. The van der Waals surface area contributed by atoms with Crippen molar-refractivity contribution in [1.29, 1.82) is 0 Å². The molecule has 2 heterocycles. The van der Waals surface area contributed by atoms with E-state index in [0.717, 1.165) is 31.9 Å². The summed E-state index contributed by atoms with van der Waals surface area (Å²) in [5.74, 6) is 5.49. The maximum absolute atomic E-state index is 12.5. The van der Waals surface area contributed by atoms with Gasteiger partial charge in [0.2, 0.25) is 0 Å². The first kappa shape index (κ1) is 14.7. The molecular weight excluding hydrogens is 254 g/mol. The summed E-state index contributed by atoms with van der Waals surface area (Å²) in [6.07, 6.45) is 1.60. The monoisotopic (exact) mass is 277 g/mol. The fourth-order valence-electron chi connectivity index (χ4n) is 2.46. The third kappa shape index (κ3) is 3.08. The lowest BCUT2D eigenvalue weighted by atomic mass is 10.1. The van der Waals surface area contributed by atoms with E-state index < -0.39 is 0 Å². The SMILES string of the molecule is Cc1cc(NN)c(C(=O)N2CCN(C(C)C)CC2)cn1. The predicted molar refractivity (Wildman–Crippen MR) is 79.4 cm³/mol. The number of hydrogen-bond donors (Lipinski definition) is 2. The van der Waals surface area contributed by atoms with E-state index >= 15 is 0 Å². The minimum atomic E-state index is -0.00569. The summed E-state index contributed by atoms with van der Waals surface area (Å²) in [7, 11) is 0. The maximum atomic E-state index is 12.5. The summed E-state index contributed by atoms with van der Waals surface area (Å²) >= 11 is 0. The zero-order valence-corrected chi connectivity index (χ0v) is 12.4. The van der Waals surface area contributed by atoms with Crippen LogP contribution in [0, 0.1) is 6.92 Å². The summed E-state index contributed by atoms with van der Waals surface area (Å²) in [4.78, 5) is 21.0. The van der Waals surface area contributed by atoms with Crippen molar-refractivity contribution in [3.05, 3.63) is 23.5 Å². The molecule has 6 nitrogen and oxygen atoms in total. The van der Waals surface area contributed by atoms with Crippen LogP contribution >= 0.6 is 0 Å². The second kappa shape index (κ2) is 6.19. The molecule has 6 heteroatoms. The second-order valence-electron chi connectivity index (χ2n) is 5.44. The predicted octanol–water partition coefficient (Wildman–Crippen LogP) is 0.842. The van der Waals surface area contributed by atoms with E-state index in [-0.39, 0.29) is 5.91 Å². The zero-order valence-electron chi connectivity index (χ0n) is 12.4. The molecule has 0 atom stereocenters. The van der Waals surface area contributed by atoms with Crippen molar-refractivity contribution in [3.8, 4) is 0 Å². The highest BCUT2D eigenvalue weighted by atomic mass is 16.2. The molecular formula is C14H23N5O. The number of nitrogens with zero attached hydrogens (tertiary/aromatic N) is 3. The number of aryl methyl sites for hydroxylation is 1. The van der Waals surface area contributed by atoms with Gasteiger partial charge in [-0.15, -0.1) is 0 Å². The molecule has 1 aliphatic heterocycles. The fraction of sp³-hybridized carbons (Fsp3) is 0.571. The van der Waals surface area contributed by atoms with Crippen LogP contribution in [0.2, 0.25) is 0 Å². The normalized spacial score (nSPS) is 16.6. The number of piperazine rings is 1. The number of nitrogens with two attached hydrogens (primary N) is 1. The molecule has 2 rings (SSSR count). The van der Waals surface area contributed by atoms with Crippen LogP contribution in [0.5, 0.6) is 0 Å². The molecule has 0 spiro atoms. The van der Waals surface area contributed by atoms with Crippen molar-refractivity contribution >= 4 is 11.6 Å². The molecule has 0 saturated carbocycles. The highest BCUT2D eigenvalue weighted by molar-refractivity contribution is 5.99. The van der Waals surface area contributed by atoms with Crippen LogP contribution in [0.4, 0.5) is 5.69 Å². The number of aromatic nitrogens is 1. The van der Waals surface area contributed by atoms with Gasteiger partial charge in [-0.3, -0.25) is 20.5 Å². The van der Waals surface area contributed by atoms with E-state index in [2.05, 4.69) is 29.2 Å². The van der Waals surface area contributed by atoms with Crippen molar-refractivity contribution < 1.29 is 4.79 Å². The highest BCUT2D eigenvalue weighted by Crippen LogP contribution is 2.18. The lowest BCUT2D eigenvalue weighted by Gasteiger charge is -2.37. The highest BCUT2D eigenvalue weighted by Gasteiger charge is 2.24. The number of carbonyl (C=O) groups excluding carboxylic acids is 1. The first-order valence-electron chi connectivity index (χ1n) is 6.99. The zero-order chi connectivity index (χ0) is 14.7. The average Bonchev–Trinajstić information content (AvgIpc) is 2.46. The molecule has 0 bridgehead atoms. The lowest BCUT2D eigenvalue weighted by molar-refractivity contribution is 0.0596. The van der Waals surface area contributed by atoms with E-state index in [0.29, 0.717) is 17.3 Å². The third-order valence-electron chi connectivity index (χ3n) is 3.76. The Kier molecular flexibility index (Phi) is 4.57. The minimum absolute atomic E-state index is 0.00569. The molecule has 1 saturated heterocycles. The number of nitrogens with one attached hydrogen (secondary N) is 1. The topological polar surface area (TPSA) is 74.5 Å². The van der Waals surface area contributed by atoms with Crippen LogP contribution in [0.1, 0.15) is 29.9 Å². The molecule has 3 N–H and O–H groups in total. The first-order valence-corrected chi connectivity index (χ1v) is 6.99. The number of carbonyl (C=O) groups is 1. The van der Waals surface area contributed by atoms with Crippen LogP contribution < -0.4 is 11.3 Å². The van der Waals surface area contributed by atoms with E-state index in [4.69, 9.17) is 5.84 Å². The average molecular weight is 277 g/mol. The van der Waals surface area contributed by atoms with Gasteiger partial charge in [0.1, 0.15) is 0 Å². The summed E-state index contributed by atoms with van der Waals surface area (Å²) in [6.45, 7) is 9.54. The quantitative estimate of drug-likeness (QED) is 0.632. The molecule has 1 fully saturated rings. The molecule has 1 aromatic heterocycles. The number of rotatable bonds is 3. The molecule has 0 radical (unpaired) electrons. The Bertz CT molecular complexity index is 480. The third-order valence-corrected chi connectivity index (χ3v) is 3.76. The summed E-state index contributed by atoms with van der Waals surface area (Å²) < 4.78 is 0. The number of pyridine rings is 1. The lowest BCUT2D eigenvalue weighted by Crippen LogP contribution is -2.50. The van der Waals surface area contributed by atoms with Gasteiger partial charge < -0.3 is 10.3 Å². The smallest absolute Gasteiger partial charge is 0.257 e. The van der Waals surface area contributed by atoms with Crippen LogP contribution in [0.25, 0.3) is 0 Å². The van der Waals surface area contributed by atoms with Gasteiger partial charge in [0, 0.05) is 44.1 Å². The molecule has 0 aliphatic carbocycles. The Hall–Kier alpha value is -1.66. The Morgan fingerprint density at radius 3 is 2.55 bits per heavy atom. The van der Waals surface area contributed by atoms with Gasteiger partial charge in [-0.05, 0) is 26.8 Å². The molecule has 0 unspecified atom stereocenters. The van der Waals surface area contributed by atoms with Gasteiger partial charge >= 0.3 is 0 Å². The minimum Gasteiger partial charge on any atom is -0.336 e.